The molecule has 0 saturated carbocycles. The summed E-state index contributed by atoms with van der Waals surface area (Å²) in [6.07, 6.45) is 2.03. The zero-order chi connectivity index (χ0) is 14.0. The normalized spacial score (nSPS) is 23.5. The van der Waals surface area contributed by atoms with Crippen LogP contribution >= 0.6 is 0 Å². The highest BCUT2D eigenvalue weighted by atomic mass is 19.1. The van der Waals surface area contributed by atoms with Crippen molar-refractivity contribution in [1.82, 2.24) is 4.90 Å². The molecule has 1 fully saturated rings. The van der Waals surface area contributed by atoms with Crippen LogP contribution in [0.15, 0.2) is 18.2 Å². The van der Waals surface area contributed by atoms with Gasteiger partial charge in [-0.05, 0) is 37.3 Å². The minimum atomic E-state index is -0.415. The zero-order valence-corrected chi connectivity index (χ0v) is 11.5. The van der Waals surface area contributed by atoms with E-state index in [1.807, 2.05) is 0 Å². The molecule has 2 rings (SSSR count). The van der Waals surface area contributed by atoms with Gasteiger partial charge in [0.15, 0.2) is 0 Å². The van der Waals surface area contributed by atoms with E-state index >= 15 is 0 Å². The lowest BCUT2D eigenvalue weighted by molar-refractivity contribution is 0.0527. The van der Waals surface area contributed by atoms with Gasteiger partial charge in [0.05, 0.1) is 5.56 Å². The highest BCUT2D eigenvalue weighted by Gasteiger charge is 2.32. The Morgan fingerprint density at radius 1 is 1.53 bits per heavy atom. The number of benzene rings is 1. The number of hydrogen-bond acceptors (Lipinski definition) is 2. The molecule has 1 aliphatic rings. The monoisotopic (exact) mass is 264 g/mol. The Balaban J connectivity index is 2.29. The first-order valence-corrected chi connectivity index (χ1v) is 6.82. The van der Waals surface area contributed by atoms with Crippen molar-refractivity contribution in [2.75, 3.05) is 13.1 Å². The number of carbonyl (C=O) groups excluding carboxylic acids is 1. The molecule has 1 aromatic rings. The van der Waals surface area contributed by atoms with Gasteiger partial charge < -0.3 is 10.6 Å². The minimum Gasteiger partial charge on any atom is -0.334 e. The molecule has 1 amide bonds. The molecule has 4 heteroatoms. The van der Waals surface area contributed by atoms with Crippen LogP contribution in [0.4, 0.5) is 4.39 Å². The Morgan fingerprint density at radius 2 is 2.26 bits per heavy atom. The summed E-state index contributed by atoms with van der Waals surface area (Å²) in [7, 11) is 0. The van der Waals surface area contributed by atoms with Crippen LogP contribution in [0.1, 0.15) is 35.7 Å². The lowest BCUT2D eigenvalue weighted by Crippen LogP contribution is -2.51. The fraction of sp³-hybridized carbons (Fsp3) is 0.533. The average molecular weight is 264 g/mol. The summed E-state index contributed by atoms with van der Waals surface area (Å²) in [4.78, 5) is 14.3. The highest BCUT2D eigenvalue weighted by molar-refractivity contribution is 5.95. The van der Waals surface area contributed by atoms with Crippen molar-refractivity contribution in [1.29, 1.82) is 0 Å². The molecule has 1 aliphatic heterocycles. The predicted molar refractivity (Wildman–Crippen MR) is 73.4 cm³/mol. The Labute approximate surface area is 113 Å². The van der Waals surface area contributed by atoms with E-state index in [2.05, 4.69) is 6.92 Å². The third kappa shape index (κ3) is 2.63. The van der Waals surface area contributed by atoms with Crippen molar-refractivity contribution in [3.8, 4) is 0 Å². The van der Waals surface area contributed by atoms with Crippen LogP contribution < -0.4 is 5.73 Å². The van der Waals surface area contributed by atoms with Gasteiger partial charge in [-0.3, -0.25) is 4.79 Å². The molecule has 1 saturated heterocycles. The summed E-state index contributed by atoms with van der Waals surface area (Å²) < 4.78 is 14.1. The number of amides is 1. The number of carbonyl (C=O) groups is 1. The molecule has 0 bridgehead atoms. The smallest absolute Gasteiger partial charge is 0.257 e. The van der Waals surface area contributed by atoms with Gasteiger partial charge in [0.2, 0.25) is 0 Å². The maximum Gasteiger partial charge on any atom is 0.257 e. The van der Waals surface area contributed by atoms with Gasteiger partial charge in [-0.15, -0.1) is 0 Å². The molecular formula is C15H21FN2O. The Bertz CT molecular complexity index is 475. The van der Waals surface area contributed by atoms with Crippen molar-refractivity contribution < 1.29 is 9.18 Å². The van der Waals surface area contributed by atoms with Crippen molar-refractivity contribution in [3.63, 3.8) is 0 Å². The lowest BCUT2D eigenvalue weighted by Gasteiger charge is -2.39. The third-order valence-corrected chi connectivity index (χ3v) is 4.04. The van der Waals surface area contributed by atoms with E-state index in [1.54, 1.807) is 30.0 Å². The van der Waals surface area contributed by atoms with Crippen LogP contribution in [0.3, 0.4) is 0 Å². The maximum atomic E-state index is 14.1. The average Bonchev–Trinajstić information content (AvgIpc) is 2.41. The molecule has 1 aromatic carbocycles. The molecule has 0 spiro atoms. The molecule has 2 atom stereocenters. The van der Waals surface area contributed by atoms with Gasteiger partial charge in [-0.25, -0.2) is 4.39 Å². The van der Waals surface area contributed by atoms with Crippen molar-refractivity contribution in [3.05, 3.63) is 35.1 Å². The van der Waals surface area contributed by atoms with Gasteiger partial charge in [0.1, 0.15) is 5.82 Å². The number of hydrogen-bond donors (Lipinski definition) is 1. The largest absolute Gasteiger partial charge is 0.334 e. The van der Waals surface area contributed by atoms with E-state index in [9.17, 15) is 9.18 Å². The van der Waals surface area contributed by atoms with Gasteiger partial charge >= 0.3 is 0 Å². The SMILES string of the molecule is Cc1cccc(C(=O)N2CCC[C@@H](C)[C@@H]2CN)c1F. The van der Waals surface area contributed by atoms with Crippen molar-refractivity contribution >= 4 is 5.91 Å². The minimum absolute atomic E-state index is 0.0150. The topological polar surface area (TPSA) is 46.3 Å². The van der Waals surface area contributed by atoms with Crippen LogP contribution in [0.2, 0.25) is 0 Å². The second-order valence-electron chi connectivity index (χ2n) is 5.36. The fourth-order valence-corrected chi connectivity index (χ4v) is 2.83. The first-order valence-electron chi connectivity index (χ1n) is 6.82. The molecule has 0 radical (unpaired) electrons. The molecular weight excluding hydrogens is 243 g/mol. The summed E-state index contributed by atoms with van der Waals surface area (Å²) in [6.45, 7) is 4.87. The first-order chi connectivity index (χ1) is 9.06. The molecule has 2 N–H and O–H groups in total. The van der Waals surface area contributed by atoms with E-state index in [4.69, 9.17) is 5.73 Å². The number of halogens is 1. The Morgan fingerprint density at radius 3 is 2.95 bits per heavy atom. The third-order valence-electron chi connectivity index (χ3n) is 4.04. The summed E-state index contributed by atoms with van der Waals surface area (Å²) in [5.41, 5.74) is 6.44. The van der Waals surface area contributed by atoms with Crippen LogP contribution in [0.25, 0.3) is 0 Å². The second-order valence-corrected chi connectivity index (χ2v) is 5.36. The number of likely N-dealkylation sites (tertiary alicyclic amines) is 1. The van der Waals surface area contributed by atoms with Gasteiger partial charge in [0.25, 0.3) is 5.91 Å². The summed E-state index contributed by atoms with van der Waals surface area (Å²) >= 11 is 0. The summed E-state index contributed by atoms with van der Waals surface area (Å²) in [6, 6.07) is 4.96. The predicted octanol–water partition coefficient (Wildman–Crippen LogP) is 2.33. The first kappa shape index (κ1) is 14.0. The number of rotatable bonds is 2. The van der Waals surface area contributed by atoms with Crippen LogP contribution in [-0.2, 0) is 0 Å². The standard InChI is InChI=1S/C15H21FN2O/c1-10-6-4-8-18(13(10)9-17)15(19)12-7-3-5-11(2)14(12)16/h3,5,7,10,13H,4,6,8-9,17H2,1-2H3/t10-,13+/m1/s1. The molecule has 19 heavy (non-hydrogen) atoms. The molecule has 0 aliphatic carbocycles. The fourth-order valence-electron chi connectivity index (χ4n) is 2.83. The molecule has 1 heterocycles. The lowest BCUT2D eigenvalue weighted by atomic mass is 9.90. The maximum absolute atomic E-state index is 14.1. The second kappa shape index (κ2) is 5.70. The van der Waals surface area contributed by atoms with E-state index in [1.165, 1.54) is 0 Å². The molecule has 104 valence electrons. The van der Waals surface area contributed by atoms with Gasteiger partial charge in [-0.2, -0.15) is 0 Å². The van der Waals surface area contributed by atoms with E-state index in [-0.39, 0.29) is 17.5 Å². The van der Waals surface area contributed by atoms with Crippen molar-refractivity contribution in [2.45, 2.75) is 32.7 Å². The number of nitrogens with two attached hydrogens (primary N) is 1. The number of piperidine rings is 1. The number of nitrogens with zero attached hydrogens (tertiary/aromatic N) is 1. The van der Waals surface area contributed by atoms with Crippen molar-refractivity contribution in [2.24, 2.45) is 11.7 Å². The Hall–Kier alpha value is -1.42. The highest BCUT2D eigenvalue weighted by Crippen LogP contribution is 2.25. The zero-order valence-electron chi connectivity index (χ0n) is 11.5. The van der Waals surface area contributed by atoms with E-state index < -0.39 is 5.82 Å². The summed E-state index contributed by atoms with van der Waals surface area (Å²) in [5, 5.41) is 0. The quantitative estimate of drug-likeness (QED) is 0.891. The molecule has 0 aromatic heterocycles. The van der Waals surface area contributed by atoms with E-state index in [0.717, 1.165) is 12.8 Å². The Kier molecular flexibility index (Phi) is 4.20. The van der Waals surface area contributed by atoms with Gasteiger partial charge in [0, 0.05) is 19.1 Å². The summed E-state index contributed by atoms with van der Waals surface area (Å²) in [5.74, 6) is -0.278. The van der Waals surface area contributed by atoms with Crippen LogP contribution in [0, 0.1) is 18.7 Å². The molecule has 0 unspecified atom stereocenters. The van der Waals surface area contributed by atoms with Crippen LogP contribution in [-0.4, -0.2) is 29.9 Å². The number of aryl methyl sites for hydroxylation is 1. The van der Waals surface area contributed by atoms with Gasteiger partial charge in [-0.1, -0.05) is 19.1 Å². The van der Waals surface area contributed by atoms with Crippen LogP contribution in [0.5, 0.6) is 0 Å². The molecule has 3 nitrogen and oxygen atoms in total. The van der Waals surface area contributed by atoms with E-state index in [0.29, 0.717) is 24.6 Å².